The molecule has 4 nitrogen and oxygen atoms in total. The van der Waals surface area contributed by atoms with Gasteiger partial charge in [0.1, 0.15) is 11.9 Å². The Morgan fingerprint density at radius 1 is 1.15 bits per heavy atom. The number of carbonyl (C=O) groups excluding carboxylic acids is 1. The van der Waals surface area contributed by atoms with Crippen molar-refractivity contribution in [2.75, 3.05) is 32.7 Å². The summed E-state index contributed by atoms with van der Waals surface area (Å²) in [5.41, 5.74) is 2.12. The van der Waals surface area contributed by atoms with E-state index in [1.165, 1.54) is 5.56 Å². The quantitative estimate of drug-likeness (QED) is 0.756. The van der Waals surface area contributed by atoms with Crippen molar-refractivity contribution in [2.24, 2.45) is 5.92 Å². The Bertz CT molecular complexity index is 660. The number of likely N-dealkylation sites (N-methyl/N-ethyl adjacent to an activating group) is 1. The molecular weight excluding hydrogens is 336 g/mol. The van der Waals surface area contributed by atoms with E-state index in [2.05, 4.69) is 54.8 Å². The molecule has 0 amide bonds. The maximum absolute atomic E-state index is 13.1. The van der Waals surface area contributed by atoms with Crippen molar-refractivity contribution in [1.82, 2.24) is 9.80 Å². The second kappa shape index (κ2) is 9.03. The third kappa shape index (κ3) is 4.80. The number of piperazine rings is 1. The monoisotopic (exact) mass is 370 g/mol. The van der Waals surface area contributed by atoms with Crippen LogP contribution in [0.2, 0.25) is 0 Å². The lowest BCUT2D eigenvalue weighted by Crippen LogP contribution is -2.52. The van der Waals surface area contributed by atoms with Crippen LogP contribution in [-0.4, -0.2) is 54.3 Å². The first-order chi connectivity index (χ1) is 13.0. The highest BCUT2D eigenvalue weighted by Crippen LogP contribution is 2.37. The Balaban J connectivity index is 1.86. The van der Waals surface area contributed by atoms with Gasteiger partial charge in [0.05, 0.1) is 0 Å². The number of benzene rings is 1. The topological polar surface area (TPSA) is 32.8 Å². The van der Waals surface area contributed by atoms with Crippen LogP contribution in [-0.2, 0) is 9.53 Å². The maximum Gasteiger partial charge on any atom is 0.164 e. The highest BCUT2D eigenvalue weighted by atomic mass is 16.5. The fourth-order valence-electron chi connectivity index (χ4n) is 4.34. The SMILES string of the molecule is CCN1CCN(C2CC(c3ccccc3)OC(C)=C2C(=O)CC(C)C)CC1. The molecule has 1 fully saturated rings. The molecule has 3 rings (SSSR count). The van der Waals surface area contributed by atoms with Gasteiger partial charge in [-0.25, -0.2) is 0 Å². The Hall–Kier alpha value is -1.65. The van der Waals surface area contributed by atoms with Crippen molar-refractivity contribution in [1.29, 1.82) is 0 Å². The van der Waals surface area contributed by atoms with Crippen LogP contribution in [0, 0.1) is 5.92 Å². The highest BCUT2D eigenvalue weighted by Gasteiger charge is 2.37. The first-order valence-corrected chi connectivity index (χ1v) is 10.4. The van der Waals surface area contributed by atoms with Crippen LogP contribution in [0.4, 0.5) is 0 Å². The zero-order chi connectivity index (χ0) is 19.4. The lowest BCUT2D eigenvalue weighted by Gasteiger charge is -2.43. The Morgan fingerprint density at radius 3 is 2.41 bits per heavy atom. The van der Waals surface area contributed by atoms with Gasteiger partial charge in [0.25, 0.3) is 0 Å². The summed E-state index contributed by atoms with van der Waals surface area (Å²) < 4.78 is 6.27. The zero-order valence-electron chi connectivity index (χ0n) is 17.3. The fourth-order valence-corrected chi connectivity index (χ4v) is 4.34. The molecule has 27 heavy (non-hydrogen) atoms. The van der Waals surface area contributed by atoms with E-state index in [9.17, 15) is 4.79 Å². The van der Waals surface area contributed by atoms with Crippen molar-refractivity contribution in [3.05, 3.63) is 47.2 Å². The standard InChI is InChI=1S/C23H34N2O2/c1-5-24-11-13-25(14-12-24)20-16-22(19-9-7-6-8-10-19)27-18(4)23(20)21(26)15-17(2)3/h6-10,17,20,22H,5,11-16H2,1-4H3. The lowest BCUT2D eigenvalue weighted by molar-refractivity contribution is -0.118. The molecule has 0 radical (unpaired) electrons. The number of rotatable bonds is 6. The Labute approximate surface area is 164 Å². The van der Waals surface area contributed by atoms with Crippen molar-refractivity contribution in [2.45, 2.75) is 52.7 Å². The van der Waals surface area contributed by atoms with Crippen LogP contribution < -0.4 is 0 Å². The average Bonchev–Trinajstić information content (AvgIpc) is 2.67. The van der Waals surface area contributed by atoms with Gasteiger partial charge >= 0.3 is 0 Å². The minimum Gasteiger partial charge on any atom is -0.490 e. The van der Waals surface area contributed by atoms with Crippen LogP contribution in [0.1, 0.15) is 52.2 Å². The molecule has 0 spiro atoms. The van der Waals surface area contributed by atoms with Crippen molar-refractivity contribution in [3.63, 3.8) is 0 Å². The highest BCUT2D eigenvalue weighted by molar-refractivity contribution is 5.97. The van der Waals surface area contributed by atoms with Crippen LogP contribution >= 0.6 is 0 Å². The molecule has 0 bridgehead atoms. The second-order valence-electron chi connectivity index (χ2n) is 8.23. The summed E-state index contributed by atoms with van der Waals surface area (Å²) in [6.07, 6.45) is 1.47. The van der Waals surface area contributed by atoms with Crippen LogP contribution in [0.5, 0.6) is 0 Å². The lowest BCUT2D eigenvalue weighted by atomic mass is 9.87. The van der Waals surface area contributed by atoms with Gasteiger partial charge < -0.3 is 9.64 Å². The number of allylic oxidation sites excluding steroid dienone is 1. The predicted molar refractivity (Wildman–Crippen MR) is 110 cm³/mol. The number of hydrogen-bond donors (Lipinski definition) is 0. The number of nitrogens with zero attached hydrogens (tertiary/aromatic N) is 2. The van der Waals surface area contributed by atoms with Crippen molar-refractivity contribution in [3.8, 4) is 0 Å². The first-order valence-electron chi connectivity index (χ1n) is 10.4. The minimum absolute atomic E-state index is 0.0241. The predicted octanol–water partition coefficient (Wildman–Crippen LogP) is 4.04. The molecule has 1 aromatic rings. The van der Waals surface area contributed by atoms with Gasteiger partial charge in [-0.1, -0.05) is 51.1 Å². The van der Waals surface area contributed by atoms with E-state index in [1.54, 1.807) is 0 Å². The van der Waals surface area contributed by atoms with Gasteiger partial charge in [-0.3, -0.25) is 9.69 Å². The van der Waals surface area contributed by atoms with Crippen molar-refractivity contribution >= 4 is 5.78 Å². The molecule has 2 aliphatic heterocycles. The molecule has 1 aromatic carbocycles. The minimum atomic E-state index is 0.0241. The molecule has 1 saturated heterocycles. The Kier molecular flexibility index (Phi) is 6.72. The van der Waals surface area contributed by atoms with Crippen LogP contribution in [0.15, 0.2) is 41.7 Å². The van der Waals surface area contributed by atoms with E-state index < -0.39 is 0 Å². The van der Waals surface area contributed by atoms with E-state index in [0.717, 1.165) is 50.5 Å². The molecule has 2 atom stereocenters. The maximum atomic E-state index is 13.1. The number of carbonyl (C=O) groups is 1. The molecule has 148 valence electrons. The number of Topliss-reactive ketones (excluding diaryl/α,β-unsaturated/α-hetero) is 1. The number of ketones is 1. The summed E-state index contributed by atoms with van der Waals surface area (Å²) in [5, 5.41) is 0. The summed E-state index contributed by atoms with van der Waals surface area (Å²) in [6, 6.07) is 10.6. The number of hydrogen-bond acceptors (Lipinski definition) is 4. The van der Waals surface area contributed by atoms with E-state index in [1.807, 2.05) is 13.0 Å². The number of ether oxygens (including phenoxy) is 1. The van der Waals surface area contributed by atoms with E-state index in [-0.39, 0.29) is 17.9 Å². The third-order valence-electron chi connectivity index (χ3n) is 5.83. The van der Waals surface area contributed by atoms with Crippen LogP contribution in [0.25, 0.3) is 0 Å². The van der Waals surface area contributed by atoms with E-state index in [0.29, 0.717) is 12.3 Å². The van der Waals surface area contributed by atoms with Gasteiger partial charge in [0, 0.05) is 50.6 Å². The van der Waals surface area contributed by atoms with Gasteiger partial charge in [-0.15, -0.1) is 0 Å². The summed E-state index contributed by atoms with van der Waals surface area (Å²) in [6.45, 7) is 13.7. The molecule has 0 aliphatic carbocycles. The fraction of sp³-hybridized carbons (Fsp3) is 0.609. The summed E-state index contributed by atoms with van der Waals surface area (Å²) in [5.74, 6) is 1.45. The molecule has 2 unspecified atom stereocenters. The molecular formula is C23H34N2O2. The van der Waals surface area contributed by atoms with Gasteiger partial charge in [-0.05, 0) is 24.9 Å². The normalized spacial score (nSPS) is 24.9. The second-order valence-corrected chi connectivity index (χ2v) is 8.23. The van der Waals surface area contributed by atoms with Gasteiger partial charge in [0.2, 0.25) is 0 Å². The molecule has 2 aliphatic rings. The summed E-state index contributed by atoms with van der Waals surface area (Å²) in [7, 11) is 0. The molecule has 0 N–H and O–H groups in total. The third-order valence-corrected chi connectivity index (χ3v) is 5.83. The van der Waals surface area contributed by atoms with Crippen molar-refractivity contribution < 1.29 is 9.53 Å². The first kappa shape index (κ1) is 20.1. The zero-order valence-corrected chi connectivity index (χ0v) is 17.3. The van der Waals surface area contributed by atoms with E-state index in [4.69, 9.17) is 4.74 Å². The average molecular weight is 371 g/mol. The van der Waals surface area contributed by atoms with Gasteiger partial charge in [-0.2, -0.15) is 0 Å². The summed E-state index contributed by atoms with van der Waals surface area (Å²) in [4.78, 5) is 18.1. The van der Waals surface area contributed by atoms with Gasteiger partial charge in [0.15, 0.2) is 5.78 Å². The smallest absolute Gasteiger partial charge is 0.164 e. The Morgan fingerprint density at radius 2 is 1.81 bits per heavy atom. The van der Waals surface area contributed by atoms with E-state index >= 15 is 0 Å². The molecule has 2 heterocycles. The molecule has 4 heteroatoms. The largest absolute Gasteiger partial charge is 0.490 e. The van der Waals surface area contributed by atoms with Crippen LogP contribution in [0.3, 0.4) is 0 Å². The molecule has 0 saturated carbocycles. The molecule has 0 aromatic heterocycles. The summed E-state index contributed by atoms with van der Waals surface area (Å²) >= 11 is 0.